The minimum absolute atomic E-state index is 0.0404. The van der Waals surface area contributed by atoms with Gasteiger partial charge in [0.25, 0.3) is 0 Å². The molecule has 0 radical (unpaired) electrons. The molecule has 0 saturated heterocycles. The normalized spacial score (nSPS) is 15.2. The molecule has 16 heteroatoms. The maximum Gasteiger partial charge on any atom is 0.238 e. The molecule has 2 heterocycles. The molecule has 4 aromatic rings. The molecule has 2 aromatic carbocycles. The Balaban J connectivity index is 1.57. The van der Waals surface area contributed by atoms with Crippen molar-refractivity contribution in [2.24, 2.45) is 11.8 Å². The first kappa shape index (κ1) is 46.1. The third kappa shape index (κ3) is 15.0. The molecule has 2 unspecified atom stereocenters. The van der Waals surface area contributed by atoms with E-state index in [2.05, 4.69) is 30.0 Å². The van der Waals surface area contributed by atoms with E-state index in [0.29, 0.717) is 22.5 Å². The van der Waals surface area contributed by atoms with Crippen LogP contribution >= 0.6 is 0 Å². The fourth-order valence-corrected chi connectivity index (χ4v) is 9.05. The number of aromatic nitrogens is 2. The summed E-state index contributed by atoms with van der Waals surface area (Å²) in [6.07, 6.45) is 0.0826. The van der Waals surface area contributed by atoms with Gasteiger partial charge in [0.05, 0.1) is 23.6 Å². The van der Waals surface area contributed by atoms with Gasteiger partial charge in [0.2, 0.25) is 31.9 Å². The number of hydrogen-bond donors (Lipinski definition) is 6. The number of benzene rings is 2. The van der Waals surface area contributed by atoms with Crippen LogP contribution in [0.25, 0.3) is 0 Å². The van der Waals surface area contributed by atoms with Gasteiger partial charge in [0.1, 0.15) is 24.3 Å². The summed E-state index contributed by atoms with van der Waals surface area (Å²) < 4.78 is 57.8. The van der Waals surface area contributed by atoms with Gasteiger partial charge in [-0.15, -0.1) is 0 Å². The maximum absolute atomic E-state index is 14.0. The Bertz CT molecular complexity index is 1930. The number of aliphatic hydroxyl groups is 2. The molecular formula is C42H56N6O8S2. The summed E-state index contributed by atoms with van der Waals surface area (Å²) in [4.78, 5) is 36.3. The summed E-state index contributed by atoms with van der Waals surface area (Å²) in [6.45, 7) is 6.75. The van der Waals surface area contributed by atoms with E-state index >= 15 is 0 Å². The number of nitrogens with one attached hydrogen (secondary N) is 4. The van der Waals surface area contributed by atoms with E-state index in [1.54, 1.807) is 137 Å². The van der Waals surface area contributed by atoms with Crippen molar-refractivity contribution in [3.05, 3.63) is 132 Å². The number of aryl methyl sites for hydroxylation is 2. The van der Waals surface area contributed by atoms with Crippen LogP contribution in [0.5, 0.6) is 0 Å². The monoisotopic (exact) mass is 836 g/mol. The van der Waals surface area contributed by atoms with Gasteiger partial charge in [-0.3, -0.25) is 19.6 Å². The van der Waals surface area contributed by atoms with Crippen LogP contribution in [0.15, 0.2) is 109 Å². The van der Waals surface area contributed by atoms with Crippen molar-refractivity contribution >= 4 is 31.9 Å². The Morgan fingerprint density at radius 2 is 0.897 bits per heavy atom. The molecule has 0 aliphatic heterocycles. The molecule has 0 bridgehead atoms. The first-order valence-electron chi connectivity index (χ1n) is 19.4. The van der Waals surface area contributed by atoms with Crippen LogP contribution in [-0.2, 0) is 55.3 Å². The molecule has 0 aliphatic rings. The topological polar surface area (TPSA) is 217 Å². The van der Waals surface area contributed by atoms with Gasteiger partial charge in [-0.2, -0.15) is 0 Å². The van der Waals surface area contributed by atoms with Crippen LogP contribution in [0.1, 0.15) is 50.2 Å². The molecule has 58 heavy (non-hydrogen) atoms. The van der Waals surface area contributed by atoms with Crippen molar-refractivity contribution in [1.29, 1.82) is 0 Å². The molecule has 0 fully saturated rings. The molecular weight excluding hydrogens is 781 g/mol. The van der Waals surface area contributed by atoms with Gasteiger partial charge in [0, 0.05) is 36.6 Å². The fraction of sp³-hybridized carbons (Fsp3) is 0.429. The Hall–Kier alpha value is -4.58. The Morgan fingerprint density at radius 3 is 1.21 bits per heavy atom. The second-order valence-corrected chi connectivity index (χ2v) is 18.8. The third-order valence-electron chi connectivity index (χ3n) is 9.64. The van der Waals surface area contributed by atoms with E-state index in [-0.39, 0.29) is 37.2 Å². The van der Waals surface area contributed by atoms with E-state index in [9.17, 15) is 36.6 Å². The fourth-order valence-electron chi connectivity index (χ4n) is 6.33. The lowest BCUT2D eigenvalue weighted by molar-refractivity contribution is -0.129. The zero-order valence-corrected chi connectivity index (χ0v) is 34.9. The summed E-state index contributed by atoms with van der Waals surface area (Å²) in [6, 6.07) is 23.5. The van der Waals surface area contributed by atoms with E-state index < -0.39 is 80.1 Å². The van der Waals surface area contributed by atoms with Crippen LogP contribution in [0.4, 0.5) is 0 Å². The number of amides is 2. The van der Waals surface area contributed by atoms with Crippen molar-refractivity contribution < 1.29 is 36.6 Å². The molecule has 0 aliphatic carbocycles. The minimum atomic E-state index is -3.97. The lowest BCUT2D eigenvalue weighted by Gasteiger charge is -2.35. The lowest BCUT2D eigenvalue weighted by atomic mass is 9.90. The largest absolute Gasteiger partial charge is 0.388 e. The first-order chi connectivity index (χ1) is 27.5. The second kappa shape index (κ2) is 22.0. The van der Waals surface area contributed by atoms with Gasteiger partial charge in [0.15, 0.2) is 0 Å². The maximum atomic E-state index is 14.0. The van der Waals surface area contributed by atoms with E-state index in [0.717, 1.165) is 0 Å². The molecule has 2 amide bonds. The first-order valence-corrected chi connectivity index (χ1v) is 22.7. The molecule has 14 nitrogen and oxygen atoms in total. The van der Waals surface area contributed by atoms with Crippen LogP contribution in [-0.4, -0.2) is 96.7 Å². The number of carbonyl (C=O) groups excluding carboxylic acids is 2. The minimum Gasteiger partial charge on any atom is -0.388 e. The highest BCUT2D eigenvalue weighted by atomic mass is 32.2. The summed E-state index contributed by atoms with van der Waals surface area (Å²) >= 11 is 0. The van der Waals surface area contributed by atoms with Crippen molar-refractivity contribution in [1.82, 2.24) is 30.0 Å². The van der Waals surface area contributed by atoms with Gasteiger partial charge in [-0.25, -0.2) is 26.3 Å². The van der Waals surface area contributed by atoms with Crippen molar-refractivity contribution in [2.45, 2.75) is 89.8 Å². The predicted molar refractivity (Wildman–Crippen MR) is 223 cm³/mol. The van der Waals surface area contributed by atoms with Gasteiger partial charge in [-0.1, -0.05) is 100 Å². The summed E-state index contributed by atoms with van der Waals surface area (Å²) in [5.41, 5.74) is 2.57. The molecule has 0 spiro atoms. The van der Waals surface area contributed by atoms with Crippen molar-refractivity contribution in [3.63, 3.8) is 0 Å². The smallest absolute Gasteiger partial charge is 0.238 e. The number of rotatable bonds is 23. The Labute approximate surface area is 342 Å². The second-order valence-electron chi connectivity index (χ2n) is 15.0. The van der Waals surface area contributed by atoms with E-state index in [1.165, 1.54) is 0 Å². The number of nitrogens with zero attached hydrogens (tertiary/aromatic N) is 2. The molecule has 2 aromatic heterocycles. The highest BCUT2D eigenvalue weighted by Gasteiger charge is 2.38. The lowest BCUT2D eigenvalue weighted by Crippen LogP contribution is -2.61. The average Bonchev–Trinajstić information content (AvgIpc) is 3.21. The number of aliphatic hydroxyl groups excluding tert-OH is 2. The summed E-state index contributed by atoms with van der Waals surface area (Å²) in [7, 11) is -7.94. The Kier molecular flexibility index (Phi) is 17.5. The van der Waals surface area contributed by atoms with Crippen LogP contribution in [0, 0.1) is 11.8 Å². The average molecular weight is 837 g/mol. The Morgan fingerprint density at radius 1 is 0.552 bits per heavy atom. The zero-order chi connectivity index (χ0) is 42.3. The highest BCUT2D eigenvalue weighted by molar-refractivity contribution is 7.89. The predicted octanol–water partition coefficient (Wildman–Crippen LogP) is 2.33. The van der Waals surface area contributed by atoms with Crippen molar-refractivity contribution in [2.75, 3.05) is 11.5 Å². The highest BCUT2D eigenvalue weighted by Crippen LogP contribution is 2.17. The number of carbonyl (C=O) groups is 2. The van der Waals surface area contributed by atoms with Crippen LogP contribution in [0.2, 0.25) is 0 Å². The quantitative estimate of drug-likeness (QED) is 0.0641. The van der Waals surface area contributed by atoms with Crippen molar-refractivity contribution in [3.8, 4) is 0 Å². The molecule has 6 atom stereocenters. The van der Waals surface area contributed by atoms with E-state index in [1.807, 2.05) is 0 Å². The zero-order valence-electron chi connectivity index (χ0n) is 33.3. The third-order valence-corrected chi connectivity index (χ3v) is 12.4. The molecule has 0 saturated carbocycles. The summed E-state index contributed by atoms with van der Waals surface area (Å²) in [5.74, 6) is -3.06. The van der Waals surface area contributed by atoms with E-state index in [4.69, 9.17) is 0 Å². The number of hydrogen-bond acceptors (Lipinski definition) is 10. The number of pyridine rings is 2. The van der Waals surface area contributed by atoms with Gasteiger partial charge in [-0.05, 0) is 60.1 Å². The molecule has 6 N–H and O–H groups in total. The summed E-state index contributed by atoms with van der Waals surface area (Å²) in [5, 5.41) is 29.5. The molecule has 4 rings (SSSR count). The molecule has 314 valence electrons. The van der Waals surface area contributed by atoms with Crippen LogP contribution < -0.4 is 20.1 Å². The van der Waals surface area contributed by atoms with Crippen LogP contribution in [0.3, 0.4) is 0 Å². The number of sulfonamides is 2. The van der Waals surface area contributed by atoms with Gasteiger partial charge < -0.3 is 20.8 Å². The van der Waals surface area contributed by atoms with Gasteiger partial charge >= 0.3 is 0 Å². The SMILES string of the molecule is CC(C)C(NS(=O)(=O)CCc1ccccn1)C(=O)N[C@@H](Cc1ccccc1)[C@H](O)[C@@H](O)[C@H](Cc1ccccc1)NC(=O)C(NS(=O)(=O)CCc1ccccn1)C(C)C. The standard InChI is InChI=1S/C42H56N6O8S2/c1-29(2)37(47-57(53,54)25-21-33-19-11-13-23-43-33)41(51)45-35(27-31-15-7-5-8-16-31)39(49)40(50)36(28-32-17-9-6-10-18-32)46-42(52)38(30(3)4)48-58(55,56)26-22-34-20-12-14-24-44-34/h5-20,23-24,29-30,35-40,47-50H,21-22,25-28H2,1-4H3,(H,45,51)(H,46,52)/t35-,36-,37?,38?,39-,40-/m0/s1.